The number of rotatable bonds is 1. The molecule has 0 bridgehead atoms. The average Bonchev–Trinajstić information content (AvgIpc) is 1.98. The second kappa shape index (κ2) is 3.40. The van der Waals surface area contributed by atoms with Crippen molar-refractivity contribution in [3.05, 3.63) is 29.0 Å². The first kappa shape index (κ1) is 8.80. The minimum atomic E-state index is -0.542. The van der Waals surface area contributed by atoms with Crippen molar-refractivity contribution in [1.29, 1.82) is 0 Å². The summed E-state index contributed by atoms with van der Waals surface area (Å²) in [5, 5.41) is -0.0779. The van der Waals surface area contributed by atoms with Gasteiger partial charge in [-0.2, -0.15) is 0 Å². The van der Waals surface area contributed by atoms with Gasteiger partial charge >= 0.3 is 0 Å². The number of hydrogen-bond acceptors (Lipinski definition) is 1. The molecular weight excluding hydrogens is 181 g/mol. The summed E-state index contributed by atoms with van der Waals surface area (Å²) in [5.41, 5.74) is 10.4. The van der Waals surface area contributed by atoms with Crippen LogP contribution in [-0.4, -0.2) is 5.96 Å². The van der Waals surface area contributed by atoms with E-state index in [-0.39, 0.29) is 16.7 Å². The van der Waals surface area contributed by atoms with E-state index in [9.17, 15) is 4.39 Å². The van der Waals surface area contributed by atoms with E-state index in [1.54, 1.807) is 0 Å². The SMILES string of the molecule is NC(N)=Nc1cccc(F)c1Cl. The predicted molar refractivity (Wildman–Crippen MR) is 46.9 cm³/mol. The van der Waals surface area contributed by atoms with Crippen molar-refractivity contribution < 1.29 is 4.39 Å². The standard InChI is InChI=1S/C7H7ClFN3/c8-6-4(9)2-1-3-5(6)12-7(10)11/h1-3H,(H4,10,11,12). The van der Waals surface area contributed by atoms with E-state index in [4.69, 9.17) is 23.1 Å². The molecule has 0 atom stereocenters. The van der Waals surface area contributed by atoms with E-state index >= 15 is 0 Å². The van der Waals surface area contributed by atoms with Gasteiger partial charge in [-0.05, 0) is 12.1 Å². The van der Waals surface area contributed by atoms with Crippen LogP contribution in [0.25, 0.3) is 0 Å². The number of halogens is 2. The highest BCUT2D eigenvalue weighted by atomic mass is 35.5. The third-order valence-corrected chi connectivity index (χ3v) is 1.55. The molecule has 0 saturated heterocycles. The second-order valence-corrected chi connectivity index (χ2v) is 2.49. The maximum Gasteiger partial charge on any atom is 0.191 e. The minimum absolute atomic E-state index is 0.0779. The van der Waals surface area contributed by atoms with Crippen molar-refractivity contribution in [3.63, 3.8) is 0 Å². The molecule has 1 aromatic carbocycles. The molecule has 1 rings (SSSR count). The molecule has 64 valence electrons. The first-order chi connectivity index (χ1) is 5.61. The maximum atomic E-state index is 12.7. The van der Waals surface area contributed by atoms with E-state index < -0.39 is 5.82 Å². The predicted octanol–water partition coefficient (Wildman–Crippen LogP) is 1.38. The smallest absolute Gasteiger partial charge is 0.191 e. The molecule has 0 heterocycles. The highest BCUT2D eigenvalue weighted by Gasteiger charge is 2.03. The topological polar surface area (TPSA) is 64.4 Å². The molecule has 0 spiro atoms. The first-order valence-electron chi connectivity index (χ1n) is 3.15. The van der Waals surface area contributed by atoms with Gasteiger partial charge in [0.25, 0.3) is 0 Å². The van der Waals surface area contributed by atoms with Crippen LogP contribution in [0.5, 0.6) is 0 Å². The average molecular weight is 188 g/mol. The second-order valence-electron chi connectivity index (χ2n) is 2.11. The lowest BCUT2D eigenvalue weighted by Gasteiger charge is -1.98. The number of hydrogen-bond donors (Lipinski definition) is 2. The van der Waals surface area contributed by atoms with E-state index in [1.165, 1.54) is 18.2 Å². The lowest BCUT2D eigenvalue weighted by atomic mass is 10.3. The molecule has 4 N–H and O–H groups in total. The Hall–Kier alpha value is -1.29. The van der Waals surface area contributed by atoms with Crippen LogP contribution in [0, 0.1) is 5.82 Å². The molecule has 0 aromatic heterocycles. The van der Waals surface area contributed by atoms with Gasteiger partial charge in [0, 0.05) is 0 Å². The van der Waals surface area contributed by atoms with Crippen molar-refractivity contribution >= 4 is 23.2 Å². The van der Waals surface area contributed by atoms with Crippen molar-refractivity contribution in [3.8, 4) is 0 Å². The van der Waals surface area contributed by atoms with E-state index in [2.05, 4.69) is 4.99 Å². The lowest BCUT2D eigenvalue weighted by molar-refractivity contribution is 0.628. The molecule has 3 nitrogen and oxygen atoms in total. The Balaban J connectivity index is 3.17. The van der Waals surface area contributed by atoms with Crippen LogP contribution in [0.1, 0.15) is 0 Å². The quantitative estimate of drug-likeness (QED) is 0.516. The zero-order valence-corrected chi connectivity index (χ0v) is 6.85. The van der Waals surface area contributed by atoms with Crippen LogP contribution in [0.2, 0.25) is 5.02 Å². The van der Waals surface area contributed by atoms with Gasteiger partial charge in [-0.1, -0.05) is 17.7 Å². The fraction of sp³-hybridized carbons (Fsp3) is 0. The number of nitrogens with zero attached hydrogens (tertiary/aromatic N) is 1. The molecular formula is C7H7ClFN3. The van der Waals surface area contributed by atoms with Crippen molar-refractivity contribution in [2.24, 2.45) is 16.5 Å². The van der Waals surface area contributed by atoms with Gasteiger partial charge in [0.1, 0.15) is 10.8 Å². The molecule has 0 aliphatic carbocycles. The largest absolute Gasteiger partial charge is 0.370 e. The summed E-state index contributed by atoms with van der Waals surface area (Å²) in [4.78, 5) is 3.62. The van der Waals surface area contributed by atoms with Crippen molar-refractivity contribution in [1.82, 2.24) is 0 Å². The highest BCUT2D eigenvalue weighted by molar-refractivity contribution is 6.33. The van der Waals surface area contributed by atoms with Crippen LogP contribution in [-0.2, 0) is 0 Å². The highest BCUT2D eigenvalue weighted by Crippen LogP contribution is 2.26. The van der Waals surface area contributed by atoms with E-state index in [1.807, 2.05) is 0 Å². The summed E-state index contributed by atoms with van der Waals surface area (Å²) in [6.45, 7) is 0. The molecule has 0 aliphatic rings. The van der Waals surface area contributed by atoms with Gasteiger partial charge in [-0.15, -0.1) is 0 Å². The summed E-state index contributed by atoms with van der Waals surface area (Å²) < 4.78 is 12.7. The fourth-order valence-electron chi connectivity index (χ4n) is 0.718. The molecule has 0 radical (unpaired) electrons. The van der Waals surface area contributed by atoms with Crippen LogP contribution >= 0.6 is 11.6 Å². The first-order valence-corrected chi connectivity index (χ1v) is 3.52. The third kappa shape index (κ3) is 1.85. The summed E-state index contributed by atoms with van der Waals surface area (Å²) in [6, 6.07) is 4.22. The summed E-state index contributed by atoms with van der Waals surface area (Å²) in [6.07, 6.45) is 0. The minimum Gasteiger partial charge on any atom is -0.370 e. The Morgan fingerprint density at radius 2 is 2.08 bits per heavy atom. The van der Waals surface area contributed by atoms with E-state index in [0.29, 0.717) is 0 Å². The Labute approximate surface area is 73.8 Å². The van der Waals surface area contributed by atoms with Gasteiger partial charge in [0.05, 0.1) is 5.69 Å². The maximum absolute atomic E-state index is 12.7. The third-order valence-electron chi connectivity index (χ3n) is 1.18. The lowest BCUT2D eigenvalue weighted by Crippen LogP contribution is -2.21. The van der Waals surface area contributed by atoms with Gasteiger partial charge in [-0.3, -0.25) is 0 Å². The van der Waals surface area contributed by atoms with Crippen LogP contribution in [0.4, 0.5) is 10.1 Å². The number of guanidine groups is 1. The van der Waals surface area contributed by atoms with E-state index in [0.717, 1.165) is 0 Å². The van der Waals surface area contributed by atoms with Gasteiger partial charge in [0.2, 0.25) is 0 Å². The molecule has 12 heavy (non-hydrogen) atoms. The number of benzene rings is 1. The van der Waals surface area contributed by atoms with Crippen LogP contribution in [0.15, 0.2) is 23.2 Å². The summed E-state index contributed by atoms with van der Waals surface area (Å²) in [5.74, 6) is -0.693. The normalized spacial score (nSPS) is 9.50. The monoisotopic (exact) mass is 187 g/mol. The van der Waals surface area contributed by atoms with Gasteiger partial charge < -0.3 is 11.5 Å². The molecule has 0 unspecified atom stereocenters. The molecule has 5 heteroatoms. The molecule has 0 aliphatic heterocycles. The number of aliphatic imine (C=N–C) groups is 1. The Kier molecular flexibility index (Phi) is 2.50. The van der Waals surface area contributed by atoms with Crippen molar-refractivity contribution in [2.45, 2.75) is 0 Å². The number of nitrogens with two attached hydrogens (primary N) is 2. The van der Waals surface area contributed by atoms with Crippen molar-refractivity contribution in [2.75, 3.05) is 0 Å². The Morgan fingerprint density at radius 3 is 2.67 bits per heavy atom. The molecule has 0 saturated carbocycles. The molecule has 0 amide bonds. The Bertz CT molecular complexity index is 320. The van der Waals surface area contributed by atoms with Crippen LogP contribution < -0.4 is 11.5 Å². The zero-order valence-electron chi connectivity index (χ0n) is 6.09. The zero-order chi connectivity index (χ0) is 9.14. The Morgan fingerprint density at radius 1 is 1.42 bits per heavy atom. The molecule has 0 fully saturated rings. The van der Waals surface area contributed by atoms with Gasteiger partial charge in [-0.25, -0.2) is 9.38 Å². The molecule has 1 aromatic rings. The fourth-order valence-corrected chi connectivity index (χ4v) is 0.886. The summed E-state index contributed by atoms with van der Waals surface area (Å²) >= 11 is 5.54. The summed E-state index contributed by atoms with van der Waals surface area (Å²) in [7, 11) is 0. The van der Waals surface area contributed by atoms with Gasteiger partial charge in [0.15, 0.2) is 5.96 Å². The van der Waals surface area contributed by atoms with Crippen LogP contribution in [0.3, 0.4) is 0 Å².